The van der Waals surface area contributed by atoms with Gasteiger partial charge in [0.2, 0.25) is 0 Å². The monoisotopic (exact) mass is 321 g/mol. The third-order valence-electron chi connectivity index (χ3n) is 3.68. The predicted octanol–water partition coefficient (Wildman–Crippen LogP) is 2.65. The molecule has 1 fully saturated rings. The molecule has 23 heavy (non-hydrogen) atoms. The molecule has 0 spiro atoms. The standard InChI is InChI=1S/C17H28BNO4/c1-4-6-8-10-12-15(11-9-7-5-2)18-22-16(20)13-19(3)14-17(21)23-18/h15H,4-9,11,13-14H2,1-3H3. The van der Waals surface area contributed by atoms with Gasteiger partial charge in [-0.3, -0.25) is 14.5 Å². The summed E-state index contributed by atoms with van der Waals surface area (Å²) in [6.07, 6.45) is 6.90. The first-order valence-electron chi connectivity index (χ1n) is 8.62. The normalized spacial score (nSPS) is 17.4. The molecule has 6 heteroatoms. The minimum Gasteiger partial charge on any atom is -0.497 e. The molecule has 1 heterocycles. The van der Waals surface area contributed by atoms with Crippen LogP contribution in [0.5, 0.6) is 0 Å². The van der Waals surface area contributed by atoms with E-state index in [1.54, 1.807) is 11.9 Å². The highest BCUT2D eigenvalue weighted by molar-refractivity contribution is 6.52. The Balaban J connectivity index is 2.76. The largest absolute Gasteiger partial charge is 0.614 e. The van der Waals surface area contributed by atoms with Gasteiger partial charge < -0.3 is 9.31 Å². The van der Waals surface area contributed by atoms with Crippen LogP contribution in [0.25, 0.3) is 0 Å². The van der Waals surface area contributed by atoms with Crippen LogP contribution in [0.2, 0.25) is 5.82 Å². The van der Waals surface area contributed by atoms with Crippen LogP contribution in [0.1, 0.15) is 58.8 Å². The molecular formula is C17H28BNO4. The van der Waals surface area contributed by atoms with Crippen molar-refractivity contribution in [2.75, 3.05) is 20.1 Å². The quantitative estimate of drug-likeness (QED) is 0.410. The Kier molecular flexibility index (Phi) is 9.46. The molecule has 0 aromatic carbocycles. The smallest absolute Gasteiger partial charge is 0.497 e. The number of hydrogen-bond acceptors (Lipinski definition) is 5. The van der Waals surface area contributed by atoms with Gasteiger partial charge in [0, 0.05) is 6.42 Å². The topological polar surface area (TPSA) is 55.8 Å². The lowest BCUT2D eigenvalue weighted by Gasteiger charge is -2.25. The first-order valence-corrected chi connectivity index (χ1v) is 8.62. The van der Waals surface area contributed by atoms with E-state index in [0.29, 0.717) is 0 Å². The fourth-order valence-electron chi connectivity index (χ4n) is 2.38. The third-order valence-corrected chi connectivity index (χ3v) is 3.68. The van der Waals surface area contributed by atoms with Gasteiger partial charge in [-0.15, -0.1) is 5.92 Å². The van der Waals surface area contributed by atoms with Crippen LogP contribution in [-0.4, -0.2) is 44.1 Å². The number of hydrogen-bond donors (Lipinski definition) is 0. The number of carbonyl (C=O) groups excluding carboxylic acids is 2. The molecule has 128 valence electrons. The molecule has 1 atom stereocenters. The van der Waals surface area contributed by atoms with Gasteiger partial charge in [0.25, 0.3) is 0 Å². The molecule has 0 N–H and O–H groups in total. The van der Waals surface area contributed by atoms with Crippen molar-refractivity contribution in [3.8, 4) is 11.8 Å². The van der Waals surface area contributed by atoms with Crippen LogP contribution in [0.15, 0.2) is 0 Å². The van der Waals surface area contributed by atoms with E-state index in [9.17, 15) is 9.59 Å². The van der Waals surface area contributed by atoms with Gasteiger partial charge in [0.15, 0.2) is 0 Å². The molecule has 1 rings (SSSR count). The lowest BCUT2D eigenvalue weighted by atomic mass is 9.69. The second kappa shape index (κ2) is 11.1. The summed E-state index contributed by atoms with van der Waals surface area (Å²) in [7, 11) is 0.807. The van der Waals surface area contributed by atoms with E-state index in [1.807, 2.05) is 0 Å². The molecule has 1 saturated heterocycles. The maximum atomic E-state index is 11.9. The number of nitrogens with zero attached hydrogens (tertiary/aromatic N) is 1. The van der Waals surface area contributed by atoms with Crippen molar-refractivity contribution in [1.29, 1.82) is 0 Å². The average Bonchev–Trinajstić information content (AvgIpc) is 2.47. The van der Waals surface area contributed by atoms with E-state index < -0.39 is 7.12 Å². The van der Waals surface area contributed by atoms with Gasteiger partial charge in [-0.2, -0.15) is 0 Å². The molecule has 0 aliphatic carbocycles. The maximum absolute atomic E-state index is 11.9. The molecule has 5 nitrogen and oxygen atoms in total. The third kappa shape index (κ3) is 8.08. The molecule has 0 aromatic heterocycles. The Hall–Kier alpha value is -1.48. The van der Waals surface area contributed by atoms with Crippen LogP contribution in [0, 0.1) is 11.8 Å². The lowest BCUT2D eigenvalue weighted by molar-refractivity contribution is -0.145. The van der Waals surface area contributed by atoms with Gasteiger partial charge in [-0.25, -0.2) is 0 Å². The zero-order valence-corrected chi connectivity index (χ0v) is 14.6. The zero-order valence-electron chi connectivity index (χ0n) is 14.6. The van der Waals surface area contributed by atoms with E-state index in [1.165, 1.54) is 0 Å². The summed E-state index contributed by atoms with van der Waals surface area (Å²) in [5.41, 5.74) is 0. The van der Waals surface area contributed by atoms with Crippen LogP contribution < -0.4 is 0 Å². The van der Waals surface area contributed by atoms with Crippen LogP contribution >= 0.6 is 0 Å². The molecule has 0 amide bonds. The van der Waals surface area contributed by atoms with Crippen LogP contribution in [-0.2, 0) is 18.9 Å². The molecular weight excluding hydrogens is 293 g/mol. The van der Waals surface area contributed by atoms with Crippen molar-refractivity contribution >= 4 is 19.1 Å². The second-order valence-corrected chi connectivity index (χ2v) is 6.05. The Labute approximate surface area is 140 Å². The maximum Gasteiger partial charge on any atom is 0.614 e. The average molecular weight is 321 g/mol. The highest BCUT2D eigenvalue weighted by Crippen LogP contribution is 2.22. The summed E-state index contributed by atoms with van der Waals surface area (Å²) in [6.45, 7) is 4.44. The first kappa shape index (κ1) is 19.6. The number of likely N-dealkylation sites (N-methyl/N-ethyl adjacent to an activating group) is 1. The highest BCUT2D eigenvalue weighted by Gasteiger charge is 2.38. The van der Waals surface area contributed by atoms with E-state index in [2.05, 4.69) is 25.7 Å². The van der Waals surface area contributed by atoms with Crippen molar-refractivity contribution in [3.63, 3.8) is 0 Å². The molecule has 0 aromatic rings. The van der Waals surface area contributed by atoms with Crippen molar-refractivity contribution < 1.29 is 18.9 Å². The SMILES string of the molecule is CCCCC#CC(CCCCC)B1OC(=O)CN(C)CC(=O)O1. The molecule has 1 unspecified atom stereocenters. The fraction of sp³-hybridized carbons (Fsp3) is 0.765. The van der Waals surface area contributed by atoms with Crippen molar-refractivity contribution in [1.82, 2.24) is 4.90 Å². The van der Waals surface area contributed by atoms with E-state index >= 15 is 0 Å². The summed E-state index contributed by atoms with van der Waals surface area (Å²) < 4.78 is 10.7. The van der Waals surface area contributed by atoms with Crippen molar-refractivity contribution in [3.05, 3.63) is 0 Å². The van der Waals surface area contributed by atoms with Gasteiger partial charge in [0.05, 0.1) is 18.9 Å². The number of carbonyl (C=O) groups is 2. The first-order chi connectivity index (χ1) is 11.1. The summed E-state index contributed by atoms with van der Waals surface area (Å²) >= 11 is 0. The fourth-order valence-corrected chi connectivity index (χ4v) is 2.38. The Morgan fingerprint density at radius 1 is 1.09 bits per heavy atom. The molecule has 1 aliphatic heterocycles. The van der Waals surface area contributed by atoms with E-state index in [4.69, 9.17) is 9.31 Å². The van der Waals surface area contributed by atoms with E-state index in [-0.39, 0.29) is 30.8 Å². The van der Waals surface area contributed by atoms with Crippen molar-refractivity contribution in [2.45, 2.75) is 64.6 Å². The molecule has 0 saturated carbocycles. The Bertz CT molecular complexity index is 424. The Morgan fingerprint density at radius 2 is 1.70 bits per heavy atom. The summed E-state index contributed by atoms with van der Waals surface area (Å²) in [5, 5.41) is 0. The van der Waals surface area contributed by atoms with Crippen LogP contribution in [0.3, 0.4) is 0 Å². The van der Waals surface area contributed by atoms with Gasteiger partial charge >= 0.3 is 19.1 Å². The lowest BCUT2D eigenvalue weighted by Crippen LogP contribution is -2.44. The van der Waals surface area contributed by atoms with Gasteiger partial charge in [0.1, 0.15) is 0 Å². The van der Waals surface area contributed by atoms with Gasteiger partial charge in [-0.1, -0.05) is 45.5 Å². The number of unbranched alkanes of at least 4 members (excludes halogenated alkanes) is 4. The minimum absolute atomic E-state index is 0.0938. The number of rotatable bonds is 7. The summed E-state index contributed by atoms with van der Waals surface area (Å²) in [4.78, 5) is 25.3. The highest BCUT2D eigenvalue weighted by atomic mass is 16.6. The minimum atomic E-state index is -0.880. The molecule has 1 aliphatic rings. The predicted molar refractivity (Wildman–Crippen MR) is 90.6 cm³/mol. The Morgan fingerprint density at radius 3 is 2.26 bits per heavy atom. The second-order valence-electron chi connectivity index (χ2n) is 6.05. The zero-order chi connectivity index (χ0) is 17.1. The summed E-state index contributed by atoms with van der Waals surface area (Å²) in [5.74, 6) is 5.32. The van der Waals surface area contributed by atoms with Gasteiger partial charge in [-0.05, 0) is 19.9 Å². The van der Waals surface area contributed by atoms with Crippen LogP contribution in [0.4, 0.5) is 0 Å². The molecule has 0 radical (unpaired) electrons. The molecule has 0 bridgehead atoms. The van der Waals surface area contributed by atoms with Crippen molar-refractivity contribution in [2.24, 2.45) is 0 Å². The summed E-state index contributed by atoms with van der Waals surface area (Å²) in [6, 6.07) is 0. The van der Waals surface area contributed by atoms with E-state index in [0.717, 1.165) is 44.9 Å².